The number of hydrogen-bond donors (Lipinski definition) is 0. The van der Waals surface area contributed by atoms with Gasteiger partial charge in [-0.1, -0.05) is 11.6 Å². The molecule has 0 saturated heterocycles. The van der Waals surface area contributed by atoms with E-state index in [9.17, 15) is 9.59 Å². The average Bonchev–Trinajstić information content (AvgIpc) is 3.27. The van der Waals surface area contributed by atoms with Crippen LogP contribution in [0.2, 0.25) is 5.02 Å². The van der Waals surface area contributed by atoms with E-state index in [0.717, 1.165) is 16.5 Å². The van der Waals surface area contributed by atoms with E-state index in [1.54, 1.807) is 36.5 Å². The summed E-state index contributed by atoms with van der Waals surface area (Å²) in [5.41, 5.74) is 2.17. The number of thiazole rings is 1. The van der Waals surface area contributed by atoms with Crippen LogP contribution in [0.3, 0.4) is 0 Å². The van der Waals surface area contributed by atoms with Crippen molar-refractivity contribution < 1.29 is 19.1 Å². The van der Waals surface area contributed by atoms with E-state index < -0.39 is 5.97 Å². The molecule has 0 aliphatic carbocycles. The third-order valence-electron chi connectivity index (χ3n) is 3.88. The first kappa shape index (κ1) is 19.1. The third kappa shape index (κ3) is 4.56. The van der Waals surface area contributed by atoms with E-state index in [1.165, 1.54) is 11.3 Å². The normalized spacial score (nSPS) is 10.6. The molecule has 0 radical (unpaired) electrons. The molecule has 2 heterocycles. The van der Waals surface area contributed by atoms with Gasteiger partial charge in [0.2, 0.25) is 5.78 Å². The Kier molecular flexibility index (Phi) is 5.93. The fraction of sp³-hybridized carbons (Fsp3) is 0.211. The highest BCUT2D eigenvalue weighted by Crippen LogP contribution is 2.22. The first-order valence-corrected chi connectivity index (χ1v) is 9.37. The van der Waals surface area contributed by atoms with Gasteiger partial charge in [-0.25, -0.2) is 9.78 Å². The maximum Gasteiger partial charge on any atom is 0.344 e. The number of hydrogen-bond acceptors (Lipinski definition) is 6. The lowest BCUT2D eigenvalue weighted by Gasteiger charge is -2.07. The summed E-state index contributed by atoms with van der Waals surface area (Å²) >= 11 is 7.27. The number of carbonyl (C=O) groups excluding carboxylic acids is 2. The zero-order valence-corrected chi connectivity index (χ0v) is 16.3. The molecule has 3 aromatic rings. The summed E-state index contributed by atoms with van der Waals surface area (Å²) in [5, 5.41) is 3.24. The Morgan fingerprint density at radius 2 is 1.93 bits per heavy atom. The SMILES string of the molecule is Cc1cc(C(=O)COC(=O)COc2ccc(Cl)cc2)c(C)n1-c1nccs1. The standard InChI is InChI=1S/C19H17ClN2O4S/c1-12-9-16(13(2)22(12)19-21-7-8-27-19)17(23)10-26-18(24)11-25-15-5-3-14(20)4-6-15/h3-9H,10-11H2,1-2H3. The van der Waals surface area contributed by atoms with Crippen LogP contribution in [0.25, 0.3) is 5.13 Å². The van der Waals surface area contributed by atoms with Gasteiger partial charge < -0.3 is 9.47 Å². The minimum Gasteiger partial charge on any atom is -0.482 e. The number of nitrogens with zero attached hydrogens (tertiary/aromatic N) is 2. The fourth-order valence-corrected chi connectivity index (χ4v) is 3.48. The highest BCUT2D eigenvalue weighted by atomic mass is 35.5. The van der Waals surface area contributed by atoms with Gasteiger partial charge in [0.25, 0.3) is 0 Å². The minimum absolute atomic E-state index is 0.272. The quantitative estimate of drug-likeness (QED) is 0.439. The molecular weight excluding hydrogens is 388 g/mol. The molecule has 8 heteroatoms. The molecule has 0 bridgehead atoms. The van der Waals surface area contributed by atoms with E-state index >= 15 is 0 Å². The van der Waals surface area contributed by atoms with Crippen molar-refractivity contribution in [2.75, 3.05) is 13.2 Å². The molecule has 140 valence electrons. The highest BCUT2D eigenvalue weighted by Gasteiger charge is 2.19. The Morgan fingerprint density at radius 1 is 1.19 bits per heavy atom. The van der Waals surface area contributed by atoms with Crippen LogP contribution in [-0.4, -0.2) is 34.5 Å². The molecule has 0 aliphatic rings. The molecule has 2 aromatic heterocycles. The summed E-state index contributed by atoms with van der Waals surface area (Å²) in [6.45, 7) is 3.11. The second-order valence-corrected chi connectivity index (χ2v) is 7.07. The number of rotatable bonds is 7. The van der Waals surface area contributed by atoms with Crippen LogP contribution >= 0.6 is 22.9 Å². The van der Waals surface area contributed by atoms with Crippen molar-refractivity contribution in [3.8, 4) is 10.9 Å². The predicted molar refractivity (Wildman–Crippen MR) is 103 cm³/mol. The van der Waals surface area contributed by atoms with Gasteiger partial charge in [0.1, 0.15) is 5.75 Å². The molecule has 0 N–H and O–H groups in total. The number of esters is 1. The number of Topliss-reactive ketones (excluding diaryl/α,β-unsaturated/α-hetero) is 1. The number of aromatic nitrogens is 2. The molecule has 3 rings (SSSR count). The lowest BCUT2D eigenvalue weighted by Crippen LogP contribution is -2.19. The molecule has 0 aliphatic heterocycles. The topological polar surface area (TPSA) is 70.4 Å². The monoisotopic (exact) mass is 404 g/mol. The van der Waals surface area contributed by atoms with Crippen LogP contribution in [0.1, 0.15) is 21.7 Å². The fourth-order valence-electron chi connectivity index (χ4n) is 2.60. The molecule has 0 saturated carbocycles. The van der Waals surface area contributed by atoms with Gasteiger partial charge >= 0.3 is 5.97 Å². The molecule has 0 fully saturated rings. The van der Waals surface area contributed by atoms with Gasteiger partial charge in [0, 0.05) is 33.6 Å². The Morgan fingerprint density at radius 3 is 2.59 bits per heavy atom. The molecule has 0 amide bonds. The lowest BCUT2D eigenvalue weighted by atomic mass is 10.1. The van der Waals surface area contributed by atoms with Crippen LogP contribution < -0.4 is 4.74 Å². The van der Waals surface area contributed by atoms with Crippen LogP contribution in [0, 0.1) is 13.8 Å². The van der Waals surface area contributed by atoms with Crippen LogP contribution in [0.5, 0.6) is 5.75 Å². The molecule has 6 nitrogen and oxygen atoms in total. The van der Waals surface area contributed by atoms with Crippen molar-refractivity contribution in [1.29, 1.82) is 0 Å². The van der Waals surface area contributed by atoms with E-state index in [4.69, 9.17) is 21.1 Å². The van der Waals surface area contributed by atoms with Gasteiger partial charge in [-0.15, -0.1) is 11.3 Å². The largest absolute Gasteiger partial charge is 0.482 e. The van der Waals surface area contributed by atoms with Crippen molar-refractivity contribution in [3.05, 3.63) is 63.9 Å². The lowest BCUT2D eigenvalue weighted by molar-refractivity contribution is -0.144. The summed E-state index contributed by atoms with van der Waals surface area (Å²) in [7, 11) is 0. The summed E-state index contributed by atoms with van der Waals surface area (Å²) in [4.78, 5) is 28.6. The molecule has 0 atom stereocenters. The van der Waals surface area contributed by atoms with Crippen LogP contribution in [0.4, 0.5) is 0 Å². The number of halogens is 1. The van der Waals surface area contributed by atoms with Gasteiger partial charge in [0.15, 0.2) is 18.3 Å². The van der Waals surface area contributed by atoms with Crippen molar-refractivity contribution in [2.24, 2.45) is 0 Å². The molecule has 0 unspecified atom stereocenters. The Hall–Kier alpha value is -2.64. The number of carbonyl (C=O) groups is 2. The first-order valence-electron chi connectivity index (χ1n) is 8.11. The molecule has 0 spiro atoms. The second-order valence-electron chi connectivity index (χ2n) is 5.76. The Bertz CT molecular complexity index is 949. The van der Waals surface area contributed by atoms with Gasteiger partial charge in [0.05, 0.1) is 0 Å². The zero-order chi connectivity index (χ0) is 19.4. The third-order valence-corrected chi connectivity index (χ3v) is 4.89. The number of aryl methyl sites for hydroxylation is 1. The maximum atomic E-state index is 12.5. The van der Waals surface area contributed by atoms with Crippen molar-refractivity contribution in [1.82, 2.24) is 9.55 Å². The van der Waals surface area contributed by atoms with Crippen molar-refractivity contribution in [3.63, 3.8) is 0 Å². The molecule has 27 heavy (non-hydrogen) atoms. The summed E-state index contributed by atoms with van der Waals surface area (Å²) in [6.07, 6.45) is 1.71. The Labute approximate surface area is 165 Å². The van der Waals surface area contributed by atoms with E-state index in [1.807, 2.05) is 23.8 Å². The average molecular weight is 405 g/mol. The van der Waals surface area contributed by atoms with E-state index in [2.05, 4.69) is 4.98 Å². The first-order chi connectivity index (χ1) is 13.0. The second kappa shape index (κ2) is 8.37. The maximum absolute atomic E-state index is 12.5. The van der Waals surface area contributed by atoms with Gasteiger partial charge in [-0.3, -0.25) is 9.36 Å². The van der Waals surface area contributed by atoms with Gasteiger partial charge in [-0.05, 0) is 44.2 Å². The number of ketones is 1. The van der Waals surface area contributed by atoms with Crippen LogP contribution in [0.15, 0.2) is 41.9 Å². The highest BCUT2D eigenvalue weighted by molar-refractivity contribution is 7.12. The smallest absolute Gasteiger partial charge is 0.344 e. The summed E-state index contributed by atoms with van der Waals surface area (Å²) < 4.78 is 12.2. The summed E-state index contributed by atoms with van der Waals surface area (Å²) in [5.74, 6) is -0.396. The van der Waals surface area contributed by atoms with Crippen molar-refractivity contribution in [2.45, 2.75) is 13.8 Å². The van der Waals surface area contributed by atoms with E-state index in [0.29, 0.717) is 16.3 Å². The van der Waals surface area contributed by atoms with Crippen molar-refractivity contribution >= 4 is 34.7 Å². The number of ether oxygens (including phenoxy) is 2. The summed E-state index contributed by atoms with van der Waals surface area (Å²) in [6, 6.07) is 8.38. The number of benzene rings is 1. The Balaban J connectivity index is 1.57. The molecule has 1 aromatic carbocycles. The predicted octanol–water partition coefficient (Wildman–Crippen LogP) is 4.01. The minimum atomic E-state index is -0.618. The van der Waals surface area contributed by atoms with Gasteiger partial charge in [-0.2, -0.15) is 0 Å². The zero-order valence-electron chi connectivity index (χ0n) is 14.8. The molecular formula is C19H17ClN2O4S. The van der Waals surface area contributed by atoms with E-state index in [-0.39, 0.29) is 19.0 Å². The van der Waals surface area contributed by atoms with Crippen LogP contribution in [-0.2, 0) is 9.53 Å².